The number of carbonyl (C=O) groups excluding carboxylic acids is 1. The van der Waals surface area contributed by atoms with E-state index in [4.69, 9.17) is 0 Å². The minimum atomic E-state index is -0.683. The molecular weight excluding hydrogens is 394 g/mol. The molecule has 7 nitrogen and oxygen atoms in total. The van der Waals surface area contributed by atoms with E-state index in [-0.39, 0.29) is 24.2 Å². The third-order valence-corrected chi connectivity index (χ3v) is 5.62. The molecule has 4 N–H and O–H groups in total. The van der Waals surface area contributed by atoms with E-state index in [0.717, 1.165) is 12.0 Å². The SMILES string of the molecule is O=C(N/N=C/C[C@@H]1[C@@H](/C=C/[C@@H](O)CCc2ccccc2)[C@H](O)C[C@@H]1O)c1ccncc1. The van der Waals surface area contributed by atoms with Crippen LogP contribution in [-0.4, -0.2) is 50.7 Å². The summed E-state index contributed by atoms with van der Waals surface area (Å²) in [7, 11) is 0. The largest absolute Gasteiger partial charge is 0.393 e. The van der Waals surface area contributed by atoms with Crippen molar-refractivity contribution in [3.8, 4) is 0 Å². The number of aliphatic hydroxyl groups excluding tert-OH is 3. The summed E-state index contributed by atoms with van der Waals surface area (Å²) in [4.78, 5) is 15.8. The molecular formula is C24H29N3O4. The molecule has 3 rings (SSSR count). The molecule has 5 atom stereocenters. The van der Waals surface area contributed by atoms with Crippen LogP contribution in [-0.2, 0) is 6.42 Å². The smallest absolute Gasteiger partial charge is 0.271 e. The monoisotopic (exact) mass is 423 g/mol. The summed E-state index contributed by atoms with van der Waals surface area (Å²) >= 11 is 0. The number of aliphatic hydroxyl groups is 3. The van der Waals surface area contributed by atoms with Crippen LogP contribution in [0, 0.1) is 11.8 Å². The standard InChI is InChI=1S/C24H29N3O4/c28-19(7-6-17-4-2-1-3-5-17)8-9-20-21(23(30)16-22(20)29)12-15-26-27-24(31)18-10-13-25-14-11-18/h1-5,8-11,13-15,19-23,28-30H,6-7,12,16H2,(H,27,31)/b9-8+,26-15+/t19-,20+,21+,22+,23-/m0/s1. The first-order valence-electron chi connectivity index (χ1n) is 10.5. The molecule has 0 aliphatic heterocycles. The molecule has 164 valence electrons. The summed E-state index contributed by atoms with van der Waals surface area (Å²) in [5, 5.41) is 34.9. The van der Waals surface area contributed by atoms with E-state index >= 15 is 0 Å². The second-order valence-electron chi connectivity index (χ2n) is 7.81. The van der Waals surface area contributed by atoms with Gasteiger partial charge < -0.3 is 15.3 Å². The molecule has 1 fully saturated rings. The lowest BCUT2D eigenvalue weighted by Crippen LogP contribution is -2.22. The lowest BCUT2D eigenvalue weighted by molar-refractivity contribution is 0.0954. The molecule has 7 heteroatoms. The van der Waals surface area contributed by atoms with Gasteiger partial charge in [0.05, 0.1) is 18.3 Å². The zero-order valence-electron chi connectivity index (χ0n) is 17.3. The van der Waals surface area contributed by atoms with Crippen molar-refractivity contribution < 1.29 is 20.1 Å². The molecule has 0 bridgehead atoms. The van der Waals surface area contributed by atoms with Crippen LogP contribution >= 0.6 is 0 Å². The Balaban J connectivity index is 1.50. The van der Waals surface area contributed by atoms with Gasteiger partial charge >= 0.3 is 0 Å². The molecule has 0 saturated heterocycles. The predicted octanol–water partition coefficient (Wildman–Crippen LogP) is 2.10. The number of hydrogen-bond donors (Lipinski definition) is 4. The summed E-state index contributed by atoms with van der Waals surface area (Å²) in [6, 6.07) is 13.1. The number of benzene rings is 1. The average Bonchev–Trinajstić information content (AvgIpc) is 3.07. The first kappa shape index (κ1) is 22.8. The van der Waals surface area contributed by atoms with Crippen LogP contribution in [0.4, 0.5) is 0 Å². The molecule has 1 heterocycles. The Morgan fingerprint density at radius 1 is 1.16 bits per heavy atom. The van der Waals surface area contributed by atoms with Crippen LogP contribution in [0.3, 0.4) is 0 Å². The molecule has 0 radical (unpaired) electrons. The van der Waals surface area contributed by atoms with Crippen molar-refractivity contribution >= 4 is 12.1 Å². The van der Waals surface area contributed by atoms with Crippen LogP contribution in [0.25, 0.3) is 0 Å². The number of nitrogens with one attached hydrogen (secondary N) is 1. The maximum Gasteiger partial charge on any atom is 0.271 e. The fourth-order valence-corrected chi connectivity index (χ4v) is 3.86. The summed E-state index contributed by atoms with van der Waals surface area (Å²) in [5.41, 5.74) is 4.06. The van der Waals surface area contributed by atoms with E-state index < -0.39 is 18.3 Å². The number of rotatable bonds is 9. The van der Waals surface area contributed by atoms with Crippen molar-refractivity contribution in [2.45, 2.75) is 44.0 Å². The van der Waals surface area contributed by atoms with Crippen LogP contribution in [0.1, 0.15) is 35.2 Å². The zero-order chi connectivity index (χ0) is 22.1. The number of carbonyl (C=O) groups is 1. The highest BCUT2D eigenvalue weighted by molar-refractivity contribution is 5.94. The average molecular weight is 424 g/mol. The second-order valence-corrected chi connectivity index (χ2v) is 7.81. The predicted molar refractivity (Wildman–Crippen MR) is 118 cm³/mol. The van der Waals surface area contributed by atoms with E-state index in [0.29, 0.717) is 18.4 Å². The van der Waals surface area contributed by atoms with Gasteiger partial charge in [-0.2, -0.15) is 5.10 Å². The first-order valence-corrected chi connectivity index (χ1v) is 10.5. The summed E-state index contributed by atoms with van der Waals surface area (Å²) in [6.07, 6.45) is 8.12. The lowest BCUT2D eigenvalue weighted by atomic mass is 9.90. The van der Waals surface area contributed by atoms with Gasteiger partial charge in [0.15, 0.2) is 0 Å². The van der Waals surface area contributed by atoms with Crippen LogP contribution in [0.2, 0.25) is 0 Å². The van der Waals surface area contributed by atoms with Crippen molar-refractivity contribution in [1.82, 2.24) is 10.4 Å². The van der Waals surface area contributed by atoms with Gasteiger partial charge in [0.2, 0.25) is 0 Å². The molecule has 0 unspecified atom stereocenters. The quantitative estimate of drug-likeness (QED) is 0.280. The van der Waals surface area contributed by atoms with Gasteiger partial charge in [-0.25, -0.2) is 5.43 Å². The molecule has 1 aliphatic carbocycles. The molecule has 1 amide bonds. The summed E-state index contributed by atoms with van der Waals surface area (Å²) < 4.78 is 0. The first-order chi connectivity index (χ1) is 15.0. The number of hydrogen-bond acceptors (Lipinski definition) is 6. The fraction of sp³-hybridized carbons (Fsp3) is 0.375. The normalized spacial score (nSPS) is 24.6. The number of nitrogens with zero attached hydrogens (tertiary/aromatic N) is 2. The number of hydrazone groups is 1. The Kier molecular flexibility index (Phi) is 8.46. The van der Waals surface area contributed by atoms with Gasteiger partial charge in [-0.05, 0) is 42.9 Å². The molecule has 31 heavy (non-hydrogen) atoms. The Morgan fingerprint density at radius 3 is 2.65 bits per heavy atom. The van der Waals surface area contributed by atoms with Crippen molar-refractivity contribution in [3.05, 3.63) is 78.1 Å². The Hall–Kier alpha value is -2.87. The molecule has 2 aromatic rings. The van der Waals surface area contributed by atoms with Crippen LogP contribution < -0.4 is 5.43 Å². The van der Waals surface area contributed by atoms with Crippen molar-refractivity contribution in [2.24, 2.45) is 16.9 Å². The summed E-state index contributed by atoms with van der Waals surface area (Å²) in [6.45, 7) is 0. The van der Waals surface area contributed by atoms with Crippen LogP contribution in [0.5, 0.6) is 0 Å². The highest BCUT2D eigenvalue weighted by atomic mass is 16.3. The second kappa shape index (κ2) is 11.5. The van der Waals surface area contributed by atoms with E-state index in [1.54, 1.807) is 24.3 Å². The van der Waals surface area contributed by atoms with Crippen molar-refractivity contribution in [1.29, 1.82) is 0 Å². The highest BCUT2D eigenvalue weighted by Crippen LogP contribution is 2.35. The summed E-state index contributed by atoms with van der Waals surface area (Å²) in [5.74, 6) is -0.874. The third-order valence-electron chi connectivity index (χ3n) is 5.62. The minimum Gasteiger partial charge on any atom is -0.393 e. The van der Waals surface area contributed by atoms with Gasteiger partial charge in [-0.1, -0.05) is 42.5 Å². The fourth-order valence-electron chi connectivity index (χ4n) is 3.86. The maximum absolute atomic E-state index is 12.0. The van der Waals surface area contributed by atoms with Gasteiger partial charge in [-0.3, -0.25) is 9.78 Å². The Morgan fingerprint density at radius 2 is 1.90 bits per heavy atom. The molecule has 1 saturated carbocycles. The Bertz CT molecular complexity index is 873. The Labute approximate surface area is 182 Å². The van der Waals surface area contributed by atoms with Crippen molar-refractivity contribution in [3.63, 3.8) is 0 Å². The number of aromatic nitrogens is 1. The molecule has 1 aromatic carbocycles. The number of aryl methyl sites for hydroxylation is 1. The van der Waals surface area contributed by atoms with Crippen LogP contribution in [0.15, 0.2) is 72.1 Å². The van der Waals surface area contributed by atoms with Gasteiger partial charge in [0, 0.05) is 36.5 Å². The molecule has 0 spiro atoms. The minimum absolute atomic E-state index is 0.242. The van der Waals surface area contributed by atoms with Gasteiger partial charge in [-0.15, -0.1) is 0 Å². The highest BCUT2D eigenvalue weighted by Gasteiger charge is 2.39. The number of amides is 1. The molecule has 1 aliphatic rings. The van der Waals surface area contributed by atoms with E-state index in [1.165, 1.54) is 18.6 Å². The third kappa shape index (κ3) is 6.82. The molecule has 1 aromatic heterocycles. The lowest BCUT2D eigenvalue weighted by Gasteiger charge is -2.19. The topological polar surface area (TPSA) is 115 Å². The maximum atomic E-state index is 12.0. The van der Waals surface area contributed by atoms with E-state index in [9.17, 15) is 20.1 Å². The van der Waals surface area contributed by atoms with Gasteiger partial charge in [0.25, 0.3) is 5.91 Å². The van der Waals surface area contributed by atoms with Gasteiger partial charge in [0.1, 0.15) is 0 Å². The zero-order valence-corrected chi connectivity index (χ0v) is 17.3. The van der Waals surface area contributed by atoms with E-state index in [1.807, 2.05) is 30.3 Å². The van der Waals surface area contributed by atoms with Crippen molar-refractivity contribution in [2.75, 3.05) is 0 Å². The van der Waals surface area contributed by atoms with E-state index in [2.05, 4.69) is 15.5 Å². The number of pyridine rings is 1.